The van der Waals surface area contributed by atoms with Crippen LogP contribution in [-0.2, 0) is 25.6 Å². The van der Waals surface area contributed by atoms with Gasteiger partial charge in [0.05, 0.1) is 0 Å². The molecule has 3 rings (SSSR count). The molecular formula is C15H9FeIO2. The van der Waals surface area contributed by atoms with Crippen LogP contribution in [0.25, 0.3) is 11.1 Å². The molecule has 1 aliphatic carbocycles. The summed E-state index contributed by atoms with van der Waals surface area (Å²) in [5, 5.41) is 0. The average Bonchev–Trinajstić information content (AvgIpc) is 2.78. The van der Waals surface area contributed by atoms with Crippen molar-refractivity contribution < 1.29 is 49.6 Å². The van der Waals surface area contributed by atoms with E-state index in [-0.39, 0.29) is 24.0 Å². The minimum Gasteiger partial charge on any atom is -1.00 e. The van der Waals surface area contributed by atoms with Crippen molar-refractivity contribution in [3.05, 3.63) is 59.7 Å². The minimum atomic E-state index is 0. The quantitative estimate of drug-likeness (QED) is 0.439. The Morgan fingerprint density at radius 3 is 1.42 bits per heavy atom. The zero-order valence-electron chi connectivity index (χ0n) is 9.74. The predicted molar refractivity (Wildman–Crippen MR) is 65.1 cm³/mol. The summed E-state index contributed by atoms with van der Waals surface area (Å²) in [6.07, 6.45) is 0. The largest absolute Gasteiger partial charge is 1.00 e. The van der Waals surface area contributed by atoms with Crippen molar-refractivity contribution in [2.24, 2.45) is 0 Å². The molecule has 0 saturated heterocycles. The Bertz CT molecular complexity index is 484. The summed E-state index contributed by atoms with van der Waals surface area (Å²) in [4.78, 5) is 15.3. The van der Waals surface area contributed by atoms with Crippen LogP contribution in [0.15, 0.2) is 48.5 Å². The van der Waals surface area contributed by atoms with Gasteiger partial charge in [-0.05, 0) is 0 Å². The van der Waals surface area contributed by atoms with Gasteiger partial charge in [0.2, 0.25) is 0 Å². The summed E-state index contributed by atoms with van der Waals surface area (Å²) in [5.41, 5.74) is 5.41. The van der Waals surface area contributed by atoms with Crippen molar-refractivity contribution >= 4 is 13.6 Å². The fourth-order valence-electron chi connectivity index (χ4n) is 2.08. The summed E-state index contributed by atoms with van der Waals surface area (Å²) in [6, 6.07) is 17.1. The van der Waals surface area contributed by atoms with E-state index in [9.17, 15) is 0 Å². The van der Waals surface area contributed by atoms with Gasteiger partial charge in [0.1, 0.15) is 0 Å². The van der Waals surface area contributed by atoms with E-state index in [4.69, 9.17) is 9.59 Å². The van der Waals surface area contributed by atoms with Gasteiger partial charge in [0.25, 0.3) is 13.6 Å². The second-order valence-electron chi connectivity index (χ2n) is 3.52. The monoisotopic (exact) mass is 404 g/mol. The van der Waals surface area contributed by atoms with Gasteiger partial charge >= 0.3 is 91.6 Å². The van der Waals surface area contributed by atoms with E-state index in [1.165, 1.54) is 22.3 Å². The Morgan fingerprint density at radius 1 is 0.737 bits per heavy atom. The van der Waals surface area contributed by atoms with Crippen molar-refractivity contribution in [3.8, 4) is 11.1 Å². The van der Waals surface area contributed by atoms with Crippen LogP contribution < -0.4 is 24.0 Å². The van der Waals surface area contributed by atoms with E-state index >= 15 is 0 Å². The van der Waals surface area contributed by atoms with Gasteiger partial charge in [-0.1, -0.05) is 0 Å². The fraction of sp³-hybridized carbons (Fsp3) is 0.0667. The Balaban J connectivity index is 0.000000597. The van der Waals surface area contributed by atoms with Crippen molar-refractivity contribution in [2.45, 2.75) is 4.82 Å². The molecule has 0 aliphatic heterocycles. The number of hydrogen-bond acceptors (Lipinski definition) is 2. The van der Waals surface area contributed by atoms with Crippen molar-refractivity contribution in [1.29, 1.82) is 0 Å². The molecule has 2 aromatic rings. The molecule has 19 heavy (non-hydrogen) atoms. The Labute approximate surface area is 138 Å². The van der Waals surface area contributed by atoms with Crippen LogP contribution in [0.2, 0.25) is 0 Å². The van der Waals surface area contributed by atoms with E-state index in [0.717, 1.165) is 0 Å². The molecule has 0 unspecified atom stereocenters. The number of benzene rings is 2. The molecule has 0 amide bonds. The van der Waals surface area contributed by atoms with E-state index in [2.05, 4.69) is 78.1 Å². The molecule has 96 valence electrons. The summed E-state index contributed by atoms with van der Waals surface area (Å²) in [7, 11) is 0. The van der Waals surface area contributed by atoms with Crippen LogP contribution >= 0.6 is 0 Å². The van der Waals surface area contributed by atoms with Crippen LogP contribution in [0.3, 0.4) is 0 Å². The van der Waals surface area contributed by atoms with Crippen LogP contribution in [0.5, 0.6) is 0 Å². The number of carbonyl (C=O) groups excluding carboxylic acids is 2. The number of rotatable bonds is 0. The summed E-state index contributed by atoms with van der Waals surface area (Å²) in [6.45, 7) is 9.00. The number of halogens is 1. The maximum atomic E-state index is 7.50. The first-order valence-electron chi connectivity index (χ1n) is 5.09. The second-order valence-corrected chi connectivity index (χ2v) is 4.16. The smallest absolute Gasteiger partial charge is 1.00 e. The Morgan fingerprint density at radius 2 is 1.05 bits per heavy atom. The molecule has 1 aliphatic rings. The first-order chi connectivity index (χ1) is 8.88. The SMILES string of the molecule is [C]=O.[C]=O.[Fe+][CH]1c2ccccc2-c2ccccc21.[I-]. The molecule has 0 aromatic heterocycles. The molecule has 2 nitrogen and oxygen atoms in total. The molecule has 2 aromatic carbocycles. The molecule has 0 spiro atoms. The molecule has 0 fully saturated rings. The third-order valence-electron chi connectivity index (χ3n) is 2.74. The Kier molecular flexibility index (Phi) is 8.56. The van der Waals surface area contributed by atoms with Crippen molar-refractivity contribution in [1.82, 2.24) is 0 Å². The first kappa shape index (κ1) is 18.0. The second kappa shape index (κ2) is 9.02. The zero-order chi connectivity index (χ0) is 13.5. The normalized spacial score (nSPS) is 10.6. The number of fused-ring (bicyclic) bond motifs is 3. The maximum absolute atomic E-state index is 7.50. The van der Waals surface area contributed by atoms with Gasteiger partial charge in [-0.3, -0.25) is 9.59 Å². The zero-order valence-corrected chi connectivity index (χ0v) is 13.0. The topological polar surface area (TPSA) is 34.1 Å². The van der Waals surface area contributed by atoms with E-state index in [1.807, 2.05) is 0 Å². The van der Waals surface area contributed by atoms with Crippen LogP contribution in [0.1, 0.15) is 15.9 Å². The van der Waals surface area contributed by atoms with Crippen molar-refractivity contribution in [3.63, 3.8) is 0 Å². The van der Waals surface area contributed by atoms with Crippen molar-refractivity contribution in [2.75, 3.05) is 0 Å². The summed E-state index contributed by atoms with van der Waals surface area (Å²) >= 11 is 4.22. The third kappa shape index (κ3) is 3.53. The first-order valence-corrected chi connectivity index (χ1v) is 5.73. The molecule has 4 heteroatoms. The van der Waals surface area contributed by atoms with Gasteiger partial charge in [0, 0.05) is 0 Å². The van der Waals surface area contributed by atoms with Gasteiger partial charge in [-0.25, -0.2) is 0 Å². The van der Waals surface area contributed by atoms with Gasteiger partial charge < -0.3 is 24.0 Å². The molecule has 4 radical (unpaired) electrons. The van der Waals surface area contributed by atoms with Crippen LogP contribution in [-0.4, -0.2) is 13.6 Å². The Hall–Kier alpha value is -0.971. The molecule has 0 heterocycles. The average molecular weight is 404 g/mol. The third-order valence-corrected chi connectivity index (χ3v) is 3.43. The van der Waals surface area contributed by atoms with E-state index in [1.54, 1.807) is 0 Å². The molecule has 0 N–H and O–H groups in total. The standard InChI is InChI=1S/C13H9.2CO.Fe.HI/c1-3-7-12-10(5-1)9-11-6-2-4-8-13(11)12;2*1-2;;/h1-9H;;;;1H/q;;;+1;/p-1. The number of hydrogen-bond donors (Lipinski definition) is 0. The van der Waals surface area contributed by atoms with Crippen LogP contribution in [0.4, 0.5) is 0 Å². The molecule has 0 atom stereocenters. The fourth-order valence-corrected chi connectivity index (χ4v) is 2.64. The molecule has 0 bridgehead atoms. The maximum Gasteiger partial charge on any atom is -1.00 e. The van der Waals surface area contributed by atoms with Gasteiger partial charge in [0.15, 0.2) is 0 Å². The summed E-state index contributed by atoms with van der Waals surface area (Å²) in [5.74, 6) is 0. The van der Waals surface area contributed by atoms with Gasteiger partial charge in [-0.15, -0.1) is 0 Å². The summed E-state index contributed by atoms with van der Waals surface area (Å²) < 4.78 is 0. The van der Waals surface area contributed by atoms with E-state index < -0.39 is 0 Å². The van der Waals surface area contributed by atoms with Crippen LogP contribution in [0, 0.1) is 0 Å². The van der Waals surface area contributed by atoms with E-state index in [0.29, 0.717) is 4.82 Å². The molecular weight excluding hydrogens is 395 g/mol. The minimum absolute atomic E-state index is 0. The predicted octanol–water partition coefficient (Wildman–Crippen LogP) is -0.487. The van der Waals surface area contributed by atoms with Gasteiger partial charge in [-0.2, -0.15) is 0 Å². The molecule has 0 saturated carbocycles.